The van der Waals surface area contributed by atoms with E-state index in [2.05, 4.69) is 35.2 Å². The van der Waals surface area contributed by atoms with E-state index in [4.69, 9.17) is 0 Å². The van der Waals surface area contributed by atoms with Crippen LogP contribution in [0.4, 0.5) is 0 Å². The summed E-state index contributed by atoms with van der Waals surface area (Å²) >= 11 is 0. The van der Waals surface area contributed by atoms with Gasteiger partial charge in [-0.25, -0.2) is 0 Å². The molecule has 0 rings (SSSR count). The second-order valence-corrected chi connectivity index (χ2v) is 3.10. The van der Waals surface area contributed by atoms with Crippen molar-refractivity contribution in [2.45, 2.75) is 45.6 Å². The first kappa shape index (κ1) is 9.39. The lowest BCUT2D eigenvalue weighted by Crippen LogP contribution is -2.34. The van der Waals surface area contributed by atoms with Crippen LogP contribution >= 0.6 is 9.39 Å². The predicted molar refractivity (Wildman–Crippen MR) is 46.4 cm³/mol. The molecule has 0 saturated heterocycles. The molecule has 2 unspecified atom stereocenters. The maximum absolute atomic E-state index is 3.25. The average Bonchev–Trinajstić information content (AvgIpc) is 1.89. The molecule has 0 aliphatic carbocycles. The molecule has 1 nitrogen and oxygen atoms in total. The summed E-state index contributed by atoms with van der Waals surface area (Å²) in [6.07, 6.45) is 3.71. The first-order valence-corrected chi connectivity index (χ1v) is 4.24. The van der Waals surface area contributed by atoms with Crippen LogP contribution in [0.15, 0.2) is 0 Å². The van der Waals surface area contributed by atoms with Crippen molar-refractivity contribution in [3.05, 3.63) is 0 Å². The Hall–Kier alpha value is 0.390. The van der Waals surface area contributed by atoms with Gasteiger partial charge in [0.1, 0.15) is 0 Å². The van der Waals surface area contributed by atoms with Crippen molar-refractivity contribution in [3.63, 3.8) is 0 Å². The zero-order chi connectivity index (χ0) is 7.33. The SMILES string of the molecule is CCCC(C)(CC)NP. The summed E-state index contributed by atoms with van der Waals surface area (Å²) in [5.41, 5.74) is 0.347. The Kier molecular flexibility index (Phi) is 4.43. The lowest BCUT2D eigenvalue weighted by molar-refractivity contribution is 0.384. The van der Waals surface area contributed by atoms with Gasteiger partial charge in [-0.05, 0) is 19.8 Å². The molecular formula is C7H18NP. The van der Waals surface area contributed by atoms with Gasteiger partial charge in [-0.15, -0.1) is 0 Å². The fraction of sp³-hybridized carbons (Fsp3) is 1.00. The molecule has 56 valence electrons. The molecule has 0 aromatic carbocycles. The van der Waals surface area contributed by atoms with Crippen molar-refractivity contribution in [2.24, 2.45) is 0 Å². The van der Waals surface area contributed by atoms with Gasteiger partial charge in [0.2, 0.25) is 0 Å². The molecule has 0 spiro atoms. The van der Waals surface area contributed by atoms with Crippen LogP contribution in [0.5, 0.6) is 0 Å². The van der Waals surface area contributed by atoms with Crippen molar-refractivity contribution < 1.29 is 0 Å². The lowest BCUT2D eigenvalue weighted by atomic mass is 9.95. The van der Waals surface area contributed by atoms with E-state index < -0.39 is 0 Å². The van der Waals surface area contributed by atoms with Crippen LogP contribution < -0.4 is 5.09 Å². The second kappa shape index (κ2) is 4.24. The largest absolute Gasteiger partial charge is 0.295 e. The van der Waals surface area contributed by atoms with Gasteiger partial charge in [0, 0.05) is 5.54 Å². The van der Waals surface area contributed by atoms with E-state index in [1.807, 2.05) is 0 Å². The molecule has 0 aliphatic rings. The molecule has 0 aromatic heterocycles. The first-order valence-electron chi connectivity index (χ1n) is 3.66. The van der Waals surface area contributed by atoms with Crippen LogP contribution in [-0.4, -0.2) is 5.54 Å². The maximum atomic E-state index is 3.25. The third-order valence-corrected chi connectivity index (χ3v) is 2.63. The minimum atomic E-state index is 0.347. The van der Waals surface area contributed by atoms with Crippen LogP contribution in [0.1, 0.15) is 40.0 Å². The van der Waals surface area contributed by atoms with Crippen LogP contribution in [-0.2, 0) is 0 Å². The van der Waals surface area contributed by atoms with Gasteiger partial charge in [-0.2, -0.15) is 0 Å². The van der Waals surface area contributed by atoms with E-state index in [9.17, 15) is 0 Å². The zero-order valence-corrected chi connectivity index (χ0v) is 7.85. The molecule has 0 aromatic rings. The molecule has 0 amide bonds. The fourth-order valence-corrected chi connectivity index (χ4v) is 1.25. The third-order valence-electron chi connectivity index (χ3n) is 1.93. The normalized spacial score (nSPS) is 17.3. The highest BCUT2D eigenvalue weighted by Crippen LogP contribution is 2.17. The Balaban J connectivity index is 3.62. The molecule has 9 heavy (non-hydrogen) atoms. The molecule has 0 aliphatic heterocycles. The summed E-state index contributed by atoms with van der Waals surface area (Å²) in [4.78, 5) is 0. The number of hydrogen-bond acceptors (Lipinski definition) is 1. The van der Waals surface area contributed by atoms with Crippen LogP contribution in [0.25, 0.3) is 0 Å². The summed E-state index contributed by atoms with van der Waals surface area (Å²) in [5, 5.41) is 3.25. The minimum Gasteiger partial charge on any atom is -0.295 e. The van der Waals surface area contributed by atoms with E-state index in [1.165, 1.54) is 19.3 Å². The Morgan fingerprint density at radius 2 is 2.00 bits per heavy atom. The van der Waals surface area contributed by atoms with Crippen molar-refractivity contribution in [1.29, 1.82) is 0 Å². The molecule has 0 saturated carbocycles. The Labute approximate surface area is 60.9 Å². The van der Waals surface area contributed by atoms with Gasteiger partial charge in [0.05, 0.1) is 0 Å². The quantitative estimate of drug-likeness (QED) is 0.602. The summed E-state index contributed by atoms with van der Waals surface area (Å²) < 4.78 is 0. The summed E-state index contributed by atoms with van der Waals surface area (Å²) in [6, 6.07) is 0. The van der Waals surface area contributed by atoms with Crippen LogP contribution in [0.2, 0.25) is 0 Å². The predicted octanol–water partition coefficient (Wildman–Crippen LogP) is 2.33. The van der Waals surface area contributed by atoms with Crippen molar-refractivity contribution in [2.75, 3.05) is 0 Å². The maximum Gasteiger partial charge on any atom is 0.0182 e. The van der Waals surface area contributed by atoms with Crippen molar-refractivity contribution in [3.8, 4) is 0 Å². The molecule has 1 N–H and O–H groups in total. The molecule has 0 bridgehead atoms. The fourth-order valence-electron chi connectivity index (χ4n) is 0.903. The standard InChI is InChI=1S/C7H18NP/c1-4-6-7(3,5-2)8-9/h8H,4-6,9H2,1-3H3. The Morgan fingerprint density at radius 3 is 2.11 bits per heavy atom. The number of rotatable bonds is 4. The van der Waals surface area contributed by atoms with Gasteiger partial charge < -0.3 is 0 Å². The van der Waals surface area contributed by atoms with Gasteiger partial charge in [-0.3, -0.25) is 5.09 Å². The topological polar surface area (TPSA) is 12.0 Å². The smallest absolute Gasteiger partial charge is 0.0182 e. The van der Waals surface area contributed by atoms with Gasteiger partial charge in [0.25, 0.3) is 0 Å². The van der Waals surface area contributed by atoms with Crippen molar-refractivity contribution in [1.82, 2.24) is 5.09 Å². The molecule has 2 atom stereocenters. The van der Waals surface area contributed by atoms with Gasteiger partial charge in [-0.1, -0.05) is 29.7 Å². The molecular weight excluding hydrogens is 129 g/mol. The molecule has 0 heterocycles. The highest BCUT2D eigenvalue weighted by atomic mass is 31.0. The summed E-state index contributed by atoms with van der Waals surface area (Å²) in [5.74, 6) is 0. The van der Waals surface area contributed by atoms with Crippen LogP contribution in [0, 0.1) is 0 Å². The van der Waals surface area contributed by atoms with E-state index in [0.29, 0.717) is 5.54 Å². The molecule has 2 heteroatoms. The molecule has 0 fully saturated rings. The lowest BCUT2D eigenvalue weighted by Gasteiger charge is -2.26. The number of nitrogens with one attached hydrogen (secondary N) is 1. The van der Waals surface area contributed by atoms with E-state index >= 15 is 0 Å². The van der Waals surface area contributed by atoms with Gasteiger partial charge in [0.15, 0.2) is 0 Å². The summed E-state index contributed by atoms with van der Waals surface area (Å²) in [7, 11) is 2.59. The van der Waals surface area contributed by atoms with Crippen molar-refractivity contribution >= 4 is 9.39 Å². The zero-order valence-electron chi connectivity index (χ0n) is 6.70. The first-order chi connectivity index (χ1) is 4.18. The minimum absolute atomic E-state index is 0.347. The van der Waals surface area contributed by atoms with Crippen LogP contribution in [0.3, 0.4) is 0 Å². The molecule has 0 radical (unpaired) electrons. The highest BCUT2D eigenvalue weighted by Gasteiger charge is 2.16. The van der Waals surface area contributed by atoms with E-state index in [1.54, 1.807) is 0 Å². The van der Waals surface area contributed by atoms with E-state index in [-0.39, 0.29) is 0 Å². The second-order valence-electron chi connectivity index (χ2n) is 2.81. The number of hydrogen-bond donors (Lipinski definition) is 1. The Morgan fingerprint density at radius 1 is 1.44 bits per heavy atom. The monoisotopic (exact) mass is 147 g/mol. The van der Waals surface area contributed by atoms with E-state index in [0.717, 1.165) is 0 Å². The Bertz CT molecular complexity index is 69.3. The summed E-state index contributed by atoms with van der Waals surface area (Å²) in [6.45, 7) is 6.69. The highest BCUT2D eigenvalue weighted by molar-refractivity contribution is 7.13. The average molecular weight is 147 g/mol. The van der Waals surface area contributed by atoms with Gasteiger partial charge >= 0.3 is 0 Å². The third kappa shape index (κ3) is 3.17.